The SMILES string of the molecule is CCS(=O)(=O)N1CCC(NC(=O)c2c(-n3cccc3)sc3c2CCSC3)CC1. The van der Waals surface area contributed by atoms with Crippen molar-refractivity contribution < 1.29 is 13.2 Å². The van der Waals surface area contributed by atoms with E-state index in [0.717, 1.165) is 28.5 Å². The van der Waals surface area contributed by atoms with Gasteiger partial charge in [0.25, 0.3) is 5.91 Å². The molecular formula is C19H25N3O3S3. The Morgan fingerprint density at radius 1 is 1.25 bits per heavy atom. The third-order valence-electron chi connectivity index (χ3n) is 5.42. The van der Waals surface area contributed by atoms with Gasteiger partial charge in [-0.1, -0.05) is 0 Å². The number of fused-ring (bicyclic) bond motifs is 1. The number of thioether (sulfide) groups is 1. The monoisotopic (exact) mass is 439 g/mol. The predicted octanol–water partition coefficient (Wildman–Crippen LogP) is 2.87. The van der Waals surface area contributed by atoms with Crippen molar-refractivity contribution in [2.24, 2.45) is 0 Å². The largest absolute Gasteiger partial charge is 0.349 e. The van der Waals surface area contributed by atoms with Gasteiger partial charge in [-0.2, -0.15) is 11.8 Å². The second-order valence-corrected chi connectivity index (χ2v) is 11.6. The summed E-state index contributed by atoms with van der Waals surface area (Å²) in [6.45, 7) is 2.62. The highest BCUT2D eigenvalue weighted by atomic mass is 32.2. The highest BCUT2D eigenvalue weighted by molar-refractivity contribution is 7.98. The first-order valence-electron chi connectivity index (χ1n) is 9.64. The standard InChI is InChI=1S/C19H25N3O3S3/c1-2-28(24,25)22-10-5-14(6-11-22)20-18(23)17-15-7-12-26-13-16(15)27-19(17)21-8-3-4-9-21/h3-4,8-9,14H,2,5-7,10-13H2,1H3,(H,20,23). The lowest BCUT2D eigenvalue weighted by Gasteiger charge is -2.31. The van der Waals surface area contributed by atoms with Crippen molar-refractivity contribution in [3.63, 3.8) is 0 Å². The first-order chi connectivity index (χ1) is 13.5. The first-order valence-corrected chi connectivity index (χ1v) is 13.2. The summed E-state index contributed by atoms with van der Waals surface area (Å²) < 4.78 is 27.7. The molecule has 0 atom stereocenters. The molecule has 4 heterocycles. The zero-order valence-electron chi connectivity index (χ0n) is 15.9. The molecule has 2 aromatic rings. The molecule has 0 unspecified atom stereocenters. The first kappa shape index (κ1) is 20.0. The van der Waals surface area contributed by atoms with Crippen molar-refractivity contribution >= 4 is 39.0 Å². The average Bonchev–Trinajstić information content (AvgIpc) is 3.36. The Morgan fingerprint density at radius 2 is 1.96 bits per heavy atom. The molecule has 2 aliphatic heterocycles. The number of piperidine rings is 1. The van der Waals surface area contributed by atoms with E-state index in [1.807, 2.05) is 40.9 Å². The van der Waals surface area contributed by atoms with Gasteiger partial charge in [0.2, 0.25) is 10.0 Å². The van der Waals surface area contributed by atoms with Gasteiger partial charge in [-0.15, -0.1) is 11.3 Å². The van der Waals surface area contributed by atoms with Crippen LogP contribution < -0.4 is 5.32 Å². The number of rotatable bonds is 5. The average molecular weight is 440 g/mol. The van der Waals surface area contributed by atoms with E-state index in [1.54, 1.807) is 22.6 Å². The summed E-state index contributed by atoms with van der Waals surface area (Å²) in [5.41, 5.74) is 2.00. The molecule has 0 bridgehead atoms. The van der Waals surface area contributed by atoms with Crippen molar-refractivity contribution in [2.75, 3.05) is 24.6 Å². The molecular weight excluding hydrogens is 414 g/mol. The van der Waals surface area contributed by atoms with Gasteiger partial charge in [0.05, 0.1) is 11.3 Å². The van der Waals surface area contributed by atoms with Gasteiger partial charge in [-0.25, -0.2) is 12.7 Å². The molecule has 28 heavy (non-hydrogen) atoms. The molecule has 0 aromatic carbocycles. The van der Waals surface area contributed by atoms with Gasteiger partial charge in [0, 0.05) is 42.2 Å². The van der Waals surface area contributed by atoms with Gasteiger partial charge in [0.1, 0.15) is 5.00 Å². The van der Waals surface area contributed by atoms with Gasteiger partial charge in [-0.05, 0) is 49.6 Å². The van der Waals surface area contributed by atoms with Crippen molar-refractivity contribution in [1.29, 1.82) is 0 Å². The number of carbonyl (C=O) groups is 1. The van der Waals surface area contributed by atoms with Crippen LogP contribution >= 0.6 is 23.1 Å². The summed E-state index contributed by atoms with van der Waals surface area (Å²) >= 11 is 3.63. The van der Waals surface area contributed by atoms with Crippen LogP contribution in [0, 0.1) is 0 Å². The van der Waals surface area contributed by atoms with Crippen LogP contribution in [0.1, 0.15) is 40.6 Å². The fourth-order valence-corrected chi connectivity index (χ4v) is 7.40. The molecule has 4 rings (SSSR count). The van der Waals surface area contributed by atoms with Crippen LogP contribution in [-0.2, 0) is 22.2 Å². The number of nitrogens with one attached hydrogen (secondary N) is 1. The number of carbonyl (C=O) groups excluding carboxylic acids is 1. The van der Waals surface area contributed by atoms with Crippen LogP contribution in [-0.4, -0.2) is 53.8 Å². The van der Waals surface area contributed by atoms with E-state index >= 15 is 0 Å². The zero-order valence-corrected chi connectivity index (χ0v) is 18.3. The van der Waals surface area contributed by atoms with E-state index in [-0.39, 0.29) is 17.7 Å². The Balaban J connectivity index is 1.52. The predicted molar refractivity (Wildman–Crippen MR) is 115 cm³/mol. The summed E-state index contributed by atoms with van der Waals surface area (Å²) in [5.74, 6) is 2.12. The number of amides is 1. The maximum absolute atomic E-state index is 13.2. The minimum atomic E-state index is -3.15. The van der Waals surface area contributed by atoms with Crippen LogP contribution in [0.15, 0.2) is 24.5 Å². The maximum Gasteiger partial charge on any atom is 0.254 e. The molecule has 1 saturated heterocycles. The molecule has 1 fully saturated rings. The van der Waals surface area contributed by atoms with Gasteiger partial charge >= 0.3 is 0 Å². The van der Waals surface area contributed by atoms with E-state index in [2.05, 4.69) is 5.32 Å². The Morgan fingerprint density at radius 3 is 2.64 bits per heavy atom. The van der Waals surface area contributed by atoms with Gasteiger partial charge in [0.15, 0.2) is 0 Å². The molecule has 152 valence electrons. The minimum Gasteiger partial charge on any atom is -0.349 e. The second kappa shape index (κ2) is 8.22. The van der Waals surface area contributed by atoms with Crippen LogP contribution in [0.5, 0.6) is 0 Å². The normalized spacial score (nSPS) is 18.8. The zero-order chi connectivity index (χ0) is 19.7. The molecule has 6 nitrogen and oxygen atoms in total. The third kappa shape index (κ3) is 3.90. The van der Waals surface area contributed by atoms with E-state index in [1.165, 1.54) is 10.4 Å². The van der Waals surface area contributed by atoms with Crippen molar-refractivity contribution in [3.8, 4) is 5.00 Å². The fraction of sp³-hybridized carbons (Fsp3) is 0.526. The Kier molecular flexibility index (Phi) is 5.87. The quantitative estimate of drug-likeness (QED) is 0.778. The summed E-state index contributed by atoms with van der Waals surface area (Å²) in [5, 5.41) is 4.18. The molecule has 0 radical (unpaired) electrons. The number of hydrogen-bond donors (Lipinski definition) is 1. The number of sulfonamides is 1. The Hall–Kier alpha value is -1.29. The number of thiophene rings is 1. The van der Waals surface area contributed by atoms with Crippen LogP contribution in [0.2, 0.25) is 0 Å². The van der Waals surface area contributed by atoms with E-state index < -0.39 is 10.0 Å². The molecule has 2 aliphatic rings. The van der Waals surface area contributed by atoms with Crippen molar-refractivity contribution in [3.05, 3.63) is 40.5 Å². The Bertz CT molecular complexity index is 943. The number of nitrogens with zero attached hydrogens (tertiary/aromatic N) is 2. The molecule has 0 aliphatic carbocycles. The molecule has 1 amide bonds. The molecule has 1 N–H and O–H groups in total. The highest BCUT2D eigenvalue weighted by Gasteiger charge is 2.30. The molecule has 2 aromatic heterocycles. The molecule has 0 saturated carbocycles. The van der Waals surface area contributed by atoms with Crippen LogP contribution in [0.25, 0.3) is 5.00 Å². The maximum atomic E-state index is 13.2. The Labute approximate surface area is 174 Å². The lowest BCUT2D eigenvalue weighted by Crippen LogP contribution is -2.47. The lowest BCUT2D eigenvalue weighted by atomic mass is 10.0. The van der Waals surface area contributed by atoms with Crippen molar-refractivity contribution in [1.82, 2.24) is 14.2 Å². The van der Waals surface area contributed by atoms with E-state index in [0.29, 0.717) is 25.9 Å². The van der Waals surface area contributed by atoms with E-state index in [9.17, 15) is 13.2 Å². The summed E-state index contributed by atoms with van der Waals surface area (Å²) in [6.07, 6.45) is 6.20. The summed E-state index contributed by atoms with van der Waals surface area (Å²) in [7, 11) is -3.15. The topological polar surface area (TPSA) is 71.4 Å². The number of aromatic nitrogens is 1. The second-order valence-electron chi connectivity index (χ2n) is 7.12. The summed E-state index contributed by atoms with van der Waals surface area (Å²) in [4.78, 5) is 14.5. The highest BCUT2D eigenvalue weighted by Crippen LogP contribution is 2.38. The molecule has 0 spiro atoms. The third-order valence-corrected chi connectivity index (χ3v) is 9.71. The molecule has 9 heteroatoms. The van der Waals surface area contributed by atoms with Gasteiger partial charge < -0.3 is 9.88 Å². The van der Waals surface area contributed by atoms with E-state index in [4.69, 9.17) is 0 Å². The van der Waals surface area contributed by atoms with Gasteiger partial charge in [-0.3, -0.25) is 4.79 Å². The minimum absolute atomic E-state index is 0.0156. The smallest absolute Gasteiger partial charge is 0.254 e. The lowest BCUT2D eigenvalue weighted by molar-refractivity contribution is 0.0923. The van der Waals surface area contributed by atoms with Crippen LogP contribution in [0.3, 0.4) is 0 Å². The number of hydrogen-bond acceptors (Lipinski definition) is 5. The van der Waals surface area contributed by atoms with Crippen LogP contribution in [0.4, 0.5) is 0 Å². The van der Waals surface area contributed by atoms with Crippen molar-refractivity contribution in [2.45, 2.75) is 38.0 Å². The fourth-order valence-electron chi connectivity index (χ4n) is 3.82. The summed E-state index contributed by atoms with van der Waals surface area (Å²) in [6, 6.07) is 3.96.